The molecule has 0 aliphatic heterocycles. The van der Waals surface area contributed by atoms with E-state index in [-0.39, 0.29) is 18.8 Å². The Morgan fingerprint density at radius 1 is 1.33 bits per heavy atom. The number of carbonyl (C=O) groups is 1. The van der Waals surface area contributed by atoms with E-state index in [1.165, 1.54) is 0 Å². The fraction of sp³-hybridized carbons (Fsp3) is 0.364. The summed E-state index contributed by atoms with van der Waals surface area (Å²) >= 11 is 0. The molecule has 15 heavy (non-hydrogen) atoms. The normalized spacial score (nSPS) is 9.40. The molecule has 0 aliphatic rings. The van der Waals surface area contributed by atoms with Crippen molar-refractivity contribution in [3.05, 3.63) is 35.4 Å². The highest BCUT2D eigenvalue weighted by Gasteiger charge is 1.98. The molecule has 4 heteroatoms. The minimum atomic E-state index is -0.736. The standard InChI is InChI=1S/C11H15NO2.ClH/c12-8-10-5-1-3-9(7-10)4-2-6-11(13)14;/h1,3,5,7H,2,4,6,8,12H2,(H,13,14);1H. The Kier molecular flexibility index (Phi) is 6.75. The summed E-state index contributed by atoms with van der Waals surface area (Å²) in [6, 6.07) is 7.96. The van der Waals surface area contributed by atoms with E-state index in [1.54, 1.807) is 0 Å². The SMILES string of the molecule is Cl.NCc1cccc(CCCC(=O)O)c1. The molecule has 0 bridgehead atoms. The van der Waals surface area contributed by atoms with Gasteiger partial charge in [0.05, 0.1) is 0 Å². The number of nitrogens with two attached hydrogens (primary N) is 1. The highest BCUT2D eigenvalue weighted by molar-refractivity contribution is 5.85. The van der Waals surface area contributed by atoms with Crippen LogP contribution in [0, 0.1) is 0 Å². The average Bonchev–Trinajstić information content (AvgIpc) is 2.18. The van der Waals surface area contributed by atoms with Gasteiger partial charge >= 0.3 is 5.97 Å². The third-order valence-electron chi connectivity index (χ3n) is 2.08. The first-order chi connectivity index (χ1) is 6.72. The smallest absolute Gasteiger partial charge is 0.303 e. The Morgan fingerprint density at radius 3 is 2.60 bits per heavy atom. The lowest BCUT2D eigenvalue weighted by Gasteiger charge is -2.02. The van der Waals surface area contributed by atoms with E-state index in [0.29, 0.717) is 13.0 Å². The minimum absolute atomic E-state index is 0. The van der Waals surface area contributed by atoms with Crippen molar-refractivity contribution in [1.29, 1.82) is 0 Å². The van der Waals surface area contributed by atoms with Gasteiger partial charge in [0, 0.05) is 13.0 Å². The number of aliphatic carboxylic acids is 1. The number of carboxylic acid groups (broad SMARTS) is 1. The molecule has 0 atom stereocenters. The maximum atomic E-state index is 10.3. The Hall–Kier alpha value is -1.06. The molecule has 1 aromatic carbocycles. The maximum absolute atomic E-state index is 10.3. The predicted octanol–water partition coefficient (Wildman–Crippen LogP) is 1.97. The van der Waals surface area contributed by atoms with Crippen LogP contribution in [0.15, 0.2) is 24.3 Å². The zero-order chi connectivity index (χ0) is 10.4. The van der Waals surface area contributed by atoms with E-state index in [0.717, 1.165) is 17.5 Å². The summed E-state index contributed by atoms with van der Waals surface area (Å²) in [6.45, 7) is 0.534. The van der Waals surface area contributed by atoms with Gasteiger partial charge in [-0.15, -0.1) is 12.4 Å². The summed E-state index contributed by atoms with van der Waals surface area (Å²) in [4.78, 5) is 10.3. The third kappa shape index (κ3) is 5.40. The van der Waals surface area contributed by atoms with Gasteiger partial charge in [0.15, 0.2) is 0 Å². The first-order valence-corrected chi connectivity index (χ1v) is 4.72. The van der Waals surface area contributed by atoms with Gasteiger partial charge in [0.25, 0.3) is 0 Å². The summed E-state index contributed by atoms with van der Waals surface area (Å²) < 4.78 is 0. The summed E-state index contributed by atoms with van der Waals surface area (Å²) in [5.41, 5.74) is 7.76. The van der Waals surface area contributed by atoms with Gasteiger partial charge in [-0.05, 0) is 24.0 Å². The molecule has 0 aliphatic carbocycles. The van der Waals surface area contributed by atoms with E-state index in [2.05, 4.69) is 0 Å². The highest BCUT2D eigenvalue weighted by Crippen LogP contribution is 2.08. The Balaban J connectivity index is 0.00000196. The quantitative estimate of drug-likeness (QED) is 0.812. The molecule has 0 saturated heterocycles. The van der Waals surface area contributed by atoms with Gasteiger partial charge in [-0.1, -0.05) is 24.3 Å². The van der Waals surface area contributed by atoms with Crippen molar-refractivity contribution in [3.8, 4) is 0 Å². The zero-order valence-corrected chi connectivity index (χ0v) is 9.30. The molecule has 0 radical (unpaired) electrons. The van der Waals surface area contributed by atoms with E-state index in [9.17, 15) is 4.79 Å². The van der Waals surface area contributed by atoms with Gasteiger partial charge in [-0.2, -0.15) is 0 Å². The zero-order valence-electron chi connectivity index (χ0n) is 8.48. The van der Waals surface area contributed by atoms with Gasteiger partial charge < -0.3 is 10.8 Å². The second kappa shape index (κ2) is 7.26. The van der Waals surface area contributed by atoms with Crippen LogP contribution in [0.5, 0.6) is 0 Å². The first kappa shape index (κ1) is 13.9. The van der Waals surface area contributed by atoms with Crippen LogP contribution in [0.3, 0.4) is 0 Å². The number of hydrogen-bond donors (Lipinski definition) is 2. The molecular formula is C11H16ClNO2. The van der Waals surface area contributed by atoms with Crippen molar-refractivity contribution in [2.24, 2.45) is 5.73 Å². The molecule has 0 aromatic heterocycles. The monoisotopic (exact) mass is 229 g/mol. The number of aryl methyl sites for hydroxylation is 1. The molecule has 1 aromatic rings. The van der Waals surface area contributed by atoms with Crippen LogP contribution in [0.4, 0.5) is 0 Å². The van der Waals surface area contributed by atoms with Crippen molar-refractivity contribution >= 4 is 18.4 Å². The van der Waals surface area contributed by atoms with Gasteiger partial charge in [0.2, 0.25) is 0 Å². The fourth-order valence-electron chi connectivity index (χ4n) is 1.36. The van der Waals surface area contributed by atoms with Crippen molar-refractivity contribution in [1.82, 2.24) is 0 Å². The molecule has 1 rings (SSSR count). The number of rotatable bonds is 5. The van der Waals surface area contributed by atoms with Crippen LogP contribution < -0.4 is 5.73 Å². The van der Waals surface area contributed by atoms with Crippen LogP contribution in [-0.2, 0) is 17.8 Å². The molecule has 0 heterocycles. The predicted molar refractivity (Wildman–Crippen MR) is 62.2 cm³/mol. The van der Waals surface area contributed by atoms with Crippen LogP contribution in [0.25, 0.3) is 0 Å². The number of carboxylic acids is 1. The van der Waals surface area contributed by atoms with Crippen LogP contribution in [0.1, 0.15) is 24.0 Å². The van der Waals surface area contributed by atoms with E-state index in [4.69, 9.17) is 10.8 Å². The molecular weight excluding hydrogens is 214 g/mol. The summed E-state index contributed by atoms with van der Waals surface area (Å²) in [7, 11) is 0. The summed E-state index contributed by atoms with van der Waals surface area (Å²) in [5.74, 6) is -0.736. The Bertz CT molecular complexity index is 315. The molecule has 0 spiro atoms. The minimum Gasteiger partial charge on any atom is -0.481 e. The van der Waals surface area contributed by atoms with Crippen molar-refractivity contribution < 1.29 is 9.90 Å². The van der Waals surface area contributed by atoms with Crippen LogP contribution in [-0.4, -0.2) is 11.1 Å². The molecule has 3 nitrogen and oxygen atoms in total. The van der Waals surface area contributed by atoms with Crippen molar-refractivity contribution in [2.45, 2.75) is 25.8 Å². The molecule has 84 valence electrons. The van der Waals surface area contributed by atoms with E-state index in [1.807, 2.05) is 24.3 Å². The van der Waals surface area contributed by atoms with E-state index >= 15 is 0 Å². The maximum Gasteiger partial charge on any atom is 0.303 e. The average molecular weight is 230 g/mol. The molecule has 0 amide bonds. The first-order valence-electron chi connectivity index (χ1n) is 4.72. The van der Waals surface area contributed by atoms with Gasteiger partial charge in [-0.25, -0.2) is 0 Å². The Labute approximate surface area is 95.7 Å². The number of halogens is 1. The van der Waals surface area contributed by atoms with E-state index < -0.39 is 5.97 Å². The lowest BCUT2D eigenvalue weighted by molar-refractivity contribution is -0.137. The van der Waals surface area contributed by atoms with Crippen molar-refractivity contribution in [3.63, 3.8) is 0 Å². The van der Waals surface area contributed by atoms with Crippen molar-refractivity contribution in [2.75, 3.05) is 0 Å². The summed E-state index contributed by atoms with van der Waals surface area (Å²) in [5, 5.41) is 8.47. The summed E-state index contributed by atoms with van der Waals surface area (Å²) in [6.07, 6.45) is 1.72. The fourth-order valence-corrected chi connectivity index (χ4v) is 1.36. The number of benzene rings is 1. The Morgan fingerprint density at radius 2 is 2.00 bits per heavy atom. The second-order valence-electron chi connectivity index (χ2n) is 3.27. The number of hydrogen-bond acceptors (Lipinski definition) is 2. The topological polar surface area (TPSA) is 63.3 Å². The van der Waals surface area contributed by atoms with Gasteiger partial charge in [0.1, 0.15) is 0 Å². The van der Waals surface area contributed by atoms with Crippen LogP contribution in [0.2, 0.25) is 0 Å². The molecule has 0 fully saturated rings. The van der Waals surface area contributed by atoms with Gasteiger partial charge in [-0.3, -0.25) is 4.79 Å². The molecule has 3 N–H and O–H groups in total. The molecule has 0 unspecified atom stereocenters. The lowest BCUT2D eigenvalue weighted by atomic mass is 10.1. The van der Waals surface area contributed by atoms with Crippen LogP contribution >= 0.6 is 12.4 Å². The second-order valence-corrected chi connectivity index (χ2v) is 3.27. The highest BCUT2D eigenvalue weighted by atomic mass is 35.5. The lowest BCUT2D eigenvalue weighted by Crippen LogP contribution is -1.98. The third-order valence-corrected chi connectivity index (χ3v) is 2.08. The molecule has 0 saturated carbocycles. The largest absolute Gasteiger partial charge is 0.481 e.